The van der Waals surface area contributed by atoms with Gasteiger partial charge >= 0.3 is 0 Å². The molecule has 3 aromatic carbocycles. The van der Waals surface area contributed by atoms with Crippen LogP contribution in [0.25, 0.3) is 10.2 Å². The van der Waals surface area contributed by atoms with E-state index in [4.69, 9.17) is 4.74 Å². The second-order valence-corrected chi connectivity index (χ2v) is 7.71. The Hall–Kier alpha value is -3.71. The molecule has 0 fully saturated rings. The van der Waals surface area contributed by atoms with Gasteiger partial charge in [-0.2, -0.15) is 0 Å². The largest absolute Gasteiger partial charge is 0.496 e. The van der Waals surface area contributed by atoms with E-state index in [1.165, 1.54) is 18.4 Å². The van der Waals surface area contributed by atoms with Crippen LogP contribution in [-0.4, -0.2) is 23.9 Å². The standard InChI is InChI=1S/C23H19N3O3S/c1-14-7-9-15(10-8-14)21(27)26-23-25-18-13-16(11-12-20(18)30-23)24-22(28)17-5-3-4-6-19(17)29-2/h3-13H,1-2H3,(H,24,28)(H,25,26,27). The van der Waals surface area contributed by atoms with Crippen LogP contribution in [0.3, 0.4) is 0 Å². The molecule has 0 spiro atoms. The maximum atomic E-state index is 12.6. The Morgan fingerprint density at radius 3 is 2.47 bits per heavy atom. The average Bonchev–Trinajstić information content (AvgIpc) is 3.15. The Morgan fingerprint density at radius 2 is 1.70 bits per heavy atom. The van der Waals surface area contributed by atoms with Gasteiger partial charge in [0.05, 0.1) is 22.9 Å². The number of nitrogens with zero attached hydrogens (tertiary/aromatic N) is 1. The molecule has 0 radical (unpaired) electrons. The summed E-state index contributed by atoms with van der Waals surface area (Å²) in [6.07, 6.45) is 0. The van der Waals surface area contributed by atoms with E-state index in [1.54, 1.807) is 42.5 Å². The molecule has 0 saturated carbocycles. The summed E-state index contributed by atoms with van der Waals surface area (Å²) < 4.78 is 6.15. The van der Waals surface area contributed by atoms with Crippen LogP contribution < -0.4 is 15.4 Å². The third kappa shape index (κ3) is 4.16. The highest BCUT2D eigenvalue weighted by Gasteiger charge is 2.14. The van der Waals surface area contributed by atoms with Crippen molar-refractivity contribution < 1.29 is 14.3 Å². The number of anilines is 2. The number of carbonyl (C=O) groups is 2. The summed E-state index contributed by atoms with van der Waals surface area (Å²) in [5.41, 5.74) is 3.42. The highest BCUT2D eigenvalue weighted by molar-refractivity contribution is 7.22. The zero-order valence-electron chi connectivity index (χ0n) is 16.4. The summed E-state index contributed by atoms with van der Waals surface area (Å²) in [6, 6.07) is 19.8. The van der Waals surface area contributed by atoms with Crippen molar-refractivity contribution in [3.05, 3.63) is 83.4 Å². The first-order chi connectivity index (χ1) is 14.5. The fourth-order valence-corrected chi connectivity index (χ4v) is 3.80. The zero-order chi connectivity index (χ0) is 21.1. The minimum atomic E-state index is -0.269. The summed E-state index contributed by atoms with van der Waals surface area (Å²) in [4.78, 5) is 29.5. The van der Waals surface area contributed by atoms with Crippen LogP contribution in [0, 0.1) is 6.92 Å². The van der Waals surface area contributed by atoms with Crippen LogP contribution in [0.15, 0.2) is 66.7 Å². The molecule has 0 aliphatic carbocycles. The number of para-hydroxylation sites is 1. The van der Waals surface area contributed by atoms with Gasteiger partial charge in [0, 0.05) is 11.3 Å². The number of nitrogens with one attached hydrogen (secondary N) is 2. The Bertz CT molecular complexity index is 1230. The van der Waals surface area contributed by atoms with Crippen molar-refractivity contribution in [2.75, 3.05) is 17.7 Å². The van der Waals surface area contributed by atoms with Gasteiger partial charge in [0.1, 0.15) is 5.75 Å². The first kappa shape index (κ1) is 19.6. The van der Waals surface area contributed by atoms with Crippen LogP contribution in [0.2, 0.25) is 0 Å². The van der Waals surface area contributed by atoms with Crippen molar-refractivity contribution in [2.45, 2.75) is 6.92 Å². The third-order valence-electron chi connectivity index (χ3n) is 4.53. The van der Waals surface area contributed by atoms with Gasteiger partial charge in [-0.25, -0.2) is 4.98 Å². The second-order valence-electron chi connectivity index (χ2n) is 6.68. The smallest absolute Gasteiger partial charge is 0.259 e. The summed E-state index contributed by atoms with van der Waals surface area (Å²) in [5, 5.41) is 6.20. The lowest BCUT2D eigenvalue weighted by Gasteiger charge is -2.09. The lowest BCUT2D eigenvalue weighted by Crippen LogP contribution is -2.13. The van der Waals surface area contributed by atoms with E-state index in [2.05, 4.69) is 15.6 Å². The predicted molar refractivity (Wildman–Crippen MR) is 120 cm³/mol. The summed E-state index contributed by atoms with van der Waals surface area (Å²) in [6.45, 7) is 1.97. The van der Waals surface area contributed by atoms with E-state index in [0.717, 1.165) is 10.3 Å². The zero-order valence-corrected chi connectivity index (χ0v) is 17.2. The first-order valence-corrected chi connectivity index (χ1v) is 10.1. The maximum Gasteiger partial charge on any atom is 0.259 e. The van der Waals surface area contributed by atoms with Gasteiger partial charge in [-0.3, -0.25) is 14.9 Å². The van der Waals surface area contributed by atoms with Crippen LogP contribution in [0.4, 0.5) is 10.8 Å². The van der Waals surface area contributed by atoms with E-state index in [9.17, 15) is 9.59 Å². The molecule has 0 atom stereocenters. The van der Waals surface area contributed by atoms with Crippen molar-refractivity contribution in [1.82, 2.24) is 4.98 Å². The van der Waals surface area contributed by atoms with Crippen molar-refractivity contribution in [3.8, 4) is 5.75 Å². The highest BCUT2D eigenvalue weighted by Crippen LogP contribution is 2.29. The van der Waals surface area contributed by atoms with Gasteiger partial charge in [0.25, 0.3) is 11.8 Å². The second kappa shape index (κ2) is 8.34. The van der Waals surface area contributed by atoms with Crippen molar-refractivity contribution in [1.29, 1.82) is 0 Å². The molecule has 2 N–H and O–H groups in total. The number of hydrogen-bond acceptors (Lipinski definition) is 5. The number of methoxy groups -OCH3 is 1. The third-order valence-corrected chi connectivity index (χ3v) is 5.48. The molecule has 4 aromatic rings. The number of carbonyl (C=O) groups excluding carboxylic acids is 2. The molecule has 0 aliphatic rings. The minimum absolute atomic E-state index is 0.209. The Balaban J connectivity index is 1.51. The van der Waals surface area contributed by atoms with Crippen LogP contribution >= 0.6 is 11.3 Å². The molecule has 0 bridgehead atoms. The van der Waals surface area contributed by atoms with E-state index >= 15 is 0 Å². The molecule has 0 saturated heterocycles. The summed E-state index contributed by atoms with van der Waals surface area (Å²) in [5.74, 6) is 0.0273. The van der Waals surface area contributed by atoms with Crippen molar-refractivity contribution in [2.24, 2.45) is 0 Å². The molecule has 6 nitrogen and oxygen atoms in total. The van der Waals surface area contributed by atoms with Crippen LogP contribution in [0.1, 0.15) is 26.3 Å². The fourth-order valence-electron chi connectivity index (χ4n) is 2.96. The first-order valence-electron chi connectivity index (χ1n) is 9.26. The Labute approximate surface area is 177 Å². The normalized spacial score (nSPS) is 10.6. The molecule has 2 amide bonds. The molecule has 30 heavy (non-hydrogen) atoms. The molecule has 1 heterocycles. The lowest BCUT2D eigenvalue weighted by molar-refractivity contribution is 0.101. The number of hydrogen-bond donors (Lipinski definition) is 2. The van der Waals surface area contributed by atoms with E-state index in [-0.39, 0.29) is 11.8 Å². The van der Waals surface area contributed by atoms with Gasteiger partial charge in [0.2, 0.25) is 0 Å². The van der Waals surface area contributed by atoms with Gasteiger partial charge in [-0.05, 0) is 49.4 Å². The van der Waals surface area contributed by atoms with Crippen LogP contribution in [0.5, 0.6) is 5.75 Å². The number of benzene rings is 3. The molecule has 1 aromatic heterocycles. The monoisotopic (exact) mass is 417 g/mol. The topological polar surface area (TPSA) is 80.3 Å². The van der Waals surface area contributed by atoms with Crippen molar-refractivity contribution in [3.63, 3.8) is 0 Å². The summed E-state index contributed by atoms with van der Waals surface area (Å²) >= 11 is 1.38. The molecule has 7 heteroatoms. The number of fused-ring (bicyclic) bond motifs is 1. The molecule has 150 valence electrons. The van der Waals surface area contributed by atoms with E-state index in [0.29, 0.717) is 33.2 Å². The van der Waals surface area contributed by atoms with Gasteiger partial charge in [-0.15, -0.1) is 0 Å². The van der Waals surface area contributed by atoms with Crippen LogP contribution in [-0.2, 0) is 0 Å². The molecule has 0 unspecified atom stereocenters. The molecule has 0 aliphatic heterocycles. The SMILES string of the molecule is COc1ccccc1C(=O)Nc1ccc2sc(NC(=O)c3ccc(C)cc3)nc2c1. The number of aryl methyl sites for hydroxylation is 1. The number of amides is 2. The van der Waals surface area contributed by atoms with Gasteiger partial charge < -0.3 is 10.1 Å². The predicted octanol–water partition coefficient (Wildman–Crippen LogP) is 5.12. The molecule has 4 rings (SSSR count). The van der Waals surface area contributed by atoms with E-state index in [1.807, 2.05) is 31.2 Å². The van der Waals surface area contributed by atoms with Gasteiger partial charge in [-0.1, -0.05) is 41.2 Å². The highest BCUT2D eigenvalue weighted by atomic mass is 32.1. The number of rotatable bonds is 5. The fraction of sp³-hybridized carbons (Fsp3) is 0.0870. The van der Waals surface area contributed by atoms with Gasteiger partial charge in [0.15, 0.2) is 5.13 Å². The minimum Gasteiger partial charge on any atom is -0.496 e. The number of ether oxygens (including phenoxy) is 1. The lowest BCUT2D eigenvalue weighted by atomic mass is 10.1. The number of aromatic nitrogens is 1. The quantitative estimate of drug-likeness (QED) is 0.472. The molecular weight excluding hydrogens is 398 g/mol. The average molecular weight is 417 g/mol. The van der Waals surface area contributed by atoms with Crippen molar-refractivity contribution >= 4 is 44.2 Å². The number of thiazole rings is 1. The Kier molecular flexibility index (Phi) is 5.45. The summed E-state index contributed by atoms with van der Waals surface area (Å²) in [7, 11) is 1.53. The van der Waals surface area contributed by atoms with E-state index < -0.39 is 0 Å². The molecular formula is C23H19N3O3S. The maximum absolute atomic E-state index is 12.6. The Morgan fingerprint density at radius 1 is 0.933 bits per heavy atom.